The predicted molar refractivity (Wildman–Crippen MR) is 91.3 cm³/mol. The molecule has 0 radical (unpaired) electrons. The van der Waals surface area contributed by atoms with Crippen LogP contribution in [0.4, 0.5) is 0 Å². The third-order valence-corrected chi connectivity index (χ3v) is 8.29. The maximum atomic E-state index is 11.1. The molecule has 4 heteroatoms. The Morgan fingerprint density at radius 2 is 1.75 bits per heavy atom. The Labute approximate surface area is 144 Å². The summed E-state index contributed by atoms with van der Waals surface area (Å²) in [6.45, 7) is 9.07. The van der Waals surface area contributed by atoms with Crippen molar-refractivity contribution < 1.29 is 20.1 Å². The molecule has 3 N–H and O–H groups in total. The van der Waals surface area contributed by atoms with Crippen LogP contribution in [0.5, 0.6) is 0 Å². The minimum absolute atomic E-state index is 0.0234. The van der Waals surface area contributed by atoms with Gasteiger partial charge < -0.3 is 20.1 Å². The molecule has 136 valence electrons. The molecule has 3 aliphatic carbocycles. The van der Waals surface area contributed by atoms with Crippen molar-refractivity contribution in [2.24, 2.45) is 28.1 Å². The first-order chi connectivity index (χ1) is 11.1. The van der Waals surface area contributed by atoms with Crippen LogP contribution in [0, 0.1) is 28.1 Å². The number of aliphatic hydroxyl groups excluding tert-OH is 3. The van der Waals surface area contributed by atoms with Gasteiger partial charge in [0.15, 0.2) is 0 Å². The van der Waals surface area contributed by atoms with Crippen molar-refractivity contribution in [3.63, 3.8) is 0 Å². The number of rotatable bonds is 0. The smallest absolute Gasteiger partial charge is 0.0870 e. The van der Waals surface area contributed by atoms with Crippen LogP contribution < -0.4 is 0 Å². The molecule has 24 heavy (non-hydrogen) atoms. The summed E-state index contributed by atoms with van der Waals surface area (Å²) in [5, 5.41) is 32.1. The normalized spacial score (nSPS) is 56.0. The zero-order chi connectivity index (χ0) is 17.5. The first-order valence-electron chi connectivity index (χ1n) is 9.48. The minimum Gasteiger partial charge on any atom is -0.393 e. The summed E-state index contributed by atoms with van der Waals surface area (Å²) in [6, 6.07) is 0. The van der Waals surface area contributed by atoms with Crippen molar-refractivity contribution in [2.45, 2.75) is 77.8 Å². The number of hydrogen-bond donors (Lipinski definition) is 3. The van der Waals surface area contributed by atoms with E-state index in [0.717, 1.165) is 19.3 Å². The van der Waals surface area contributed by atoms with E-state index in [9.17, 15) is 15.3 Å². The zero-order valence-electron chi connectivity index (χ0n) is 15.3. The molecular formula is C20H32O4. The van der Waals surface area contributed by atoms with Gasteiger partial charge in [-0.25, -0.2) is 0 Å². The Morgan fingerprint density at radius 3 is 2.46 bits per heavy atom. The molecule has 4 aliphatic rings. The summed E-state index contributed by atoms with van der Waals surface area (Å²) in [5.74, 6) is 0.430. The van der Waals surface area contributed by atoms with E-state index in [-0.39, 0.29) is 34.4 Å². The van der Waals surface area contributed by atoms with Gasteiger partial charge in [0.25, 0.3) is 0 Å². The second-order valence-electron chi connectivity index (χ2n) is 9.86. The molecule has 0 aromatic rings. The lowest BCUT2D eigenvalue weighted by Crippen LogP contribution is -2.61. The van der Waals surface area contributed by atoms with E-state index in [1.165, 1.54) is 5.57 Å². The van der Waals surface area contributed by atoms with Gasteiger partial charge in [-0.05, 0) is 48.0 Å². The van der Waals surface area contributed by atoms with Crippen LogP contribution in [-0.4, -0.2) is 46.3 Å². The monoisotopic (exact) mass is 336 g/mol. The van der Waals surface area contributed by atoms with Crippen LogP contribution in [0.15, 0.2) is 11.6 Å². The SMILES string of the molecule is CC1(C)[C@H](O)CC[C@]2(C)[C@@H]3C(=CC[C@@H]12)[C@H]1OC[C@@H](O)[C@@]1(C)C[C@H]3O. The van der Waals surface area contributed by atoms with E-state index < -0.39 is 12.2 Å². The molecule has 8 atom stereocenters. The molecule has 1 saturated heterocycles. The Bertz CT molecular complexity index is 570. The van der Waals surface area contributed by atoms with Gasteiger partial charge in [-0.15, -0.1) is 0 Å². The Hall–Kier alpha value is -0.420. The van der Waals surface area contributed by atoms with E-state index >= 15 is 0 Å². The molecule has 0 spiro atoms. The van der Waals surface area contributed by atoms with E-state index in [4.69, 9.17) is 4.74 Å². The summed E-state index contributed by atoms with van der Waals surface area (Å²) >= 11 is 0. The fourth-order valence-electron chi connectivity index (χ4n) is 6.75. The second-order valence-corrected chi connectivity index (χ2v) is 9.86. The van der Waals surface area contributed by atoms with Gasteiger partial charge in [0, 0.05) is 11.3 Å². The lowest BCUT2D eigenvalue weighted by Gasteiger charge is -2.62. The molecule has 0 unspecified atom stereocenters. The lowest BCUT2D eigenvalue weighted by molar-refractivity contribution is -0.154. The van der Waals surface area contributed by atoms with E-state index in [1.807, 2.05) is 0 Å². The highest BCUT2D eigenvalue weighted by Crippen LogP contribution is 2.64. The molecule has 0 aromatic heterocycles. The fraction of sp³-hybridized carbons (Fsp3) is 0.900. The van der Waals surface area contributed by atoms with Crippen LogP contribution >= 0.6 is 0 Å². The van der Waals surface area contributed by atoms with Crippen LogP contribution in [-0.2, 0) is 4.74 Å². The van der Waals surface area contributed by atoms with Gasteiger partial charge in [0.1, 0.15) is 0 Å². The molecule has 1 aliphatic heterocycles. The second kappa shape index (κ2) is 5.06. The van der Waals surface area contributed by atoms with Gasteiger partial charge in [-0.3, -0.25) is 0 Å². The molecule has 4 nitrogen and oxygen atoms in total. The average molecular weight is 336 g/mol. The van der Waals surface area contributed by atoms with Crippen LogP contribution in [0.2, 0.25) is 0 Å². The van der Waals surface area contributed by atoms with E-state index in [1.54, 1.807) is 0 Å². The summed E-state index contributed by atoms with van der Waals surface area (Å²) in [4.78, 5) is 0. The van der Waals surface area contributed by atoms with Crippen molar-refractivity contribution in [1.82, 2.24) is 0 Å². The summed E-state index contributed by atoms with van der Waals surface area (Å²) in [7, 11) is 0. The molecule has 3 fully saturated rings. The van der Waals surface area contributed by atoms with Crippen LogP contribution in [0.3, 0.4) is 0 Å². The fourth-order valence-corrected chi connectivity index (χ4v) is 6.75. The van der Waals surface area contributed by atoms with E-state index in [0.29, 0.717) is 18.9 Å². The first kappa shape index (κ1) is 17.0. The van der Waals surface area contributed by atoms with Crippen LogP contribution in [0.25, 0.3) is 0 Å². The highest BCUT2D eigenvalue weighted by atomic mass is 16.5. The summed E-state index contributed by atoms with van der Waals surface area (Å²) < 4.78 is 6.01. The van der Waals surface area contributed by atoms with Crippen molar-refractivity contribution in [2.75, 3.05) is 6.61 Å². The van der Waals surface area contributed by atoms with Crippen molar-refractivity contribution in [3.8, 4) is 0 Å². The van der Waals surface area contributed by atoms with Gasteiger partial charge in [-0.2, -0.15) is 0 Å². The maximum absolute atomic E-state index is 11.1. The maximum Gasteiger partial charge on any atom is 0.0870 e. The minimum atomic E-state index is -0.505. The predicted octanol–water partition coefficient (Wildman–Crippen LogP) is 2.27. The first-order valence-corrected chi connectivity index (χ1v) is 9.48. The number of ether oxygens (including phenoxy) is 1. The molecule has 1 heterocycles. The van der Waals surface area contributed by atoms with Crippen molar-refractivity contribution in [1.29, 1.82) is 0 Å². The average Bonchev–Trinajstić information content (AvgIpc) is 2.78. The van der Waals surface area contributed by atoms with Crippen LogP contribution in [0.1, 0.15) is 53.4 Å². The number of fused-ring (bicyclic) bond motifs is 5. The standard InChI is InChI=1S/C20H32O4/c1-18(2)13-6-5-11-16(19(13,3)8-7-14(18)22)12(21)9-20(4)15(23)10-24-17(11)20/h5,12-17,21-23H,6-10H2,1-4H3/t12-,13+,14-,15-,16-,17-,19+,20-/m1/s1. The summed E-state index contributed by atoms with van der Waals surface area (Å²) in [6.07, 6.45) is 4.20. The Balaban J connectivity index is 1.78. The molecule has 0 aromatic carbocycles. The highest BCUT2D eigenvalue weighted by molar-refractivity contribution is 5.31. The third kappa shape index (κ3) is 1.94. The van der Waals surface area contributed by atoms with Gasteiger partial charge in [0.05, 0.1) is 31.0 Å². The van der Waals surface area contributed by atoms with E-state index in [2.05, 4.69) is 33.8 Å². The molecular weight excluding hydrogens is 304 g/mol. The van der Waals surface area contributed by atoms with Crippen molar-refractivity contribution in [3.05, 3.63) is 11.6 Å². The summed E-state index contributed by atoms with van der Waals surface area (Å²) in [5.41, 5.74) is 0.656. The molecule has 0 amide bonds. The topological polar surface area (TPSA) is 69.9 Å². The quantitative estimate of drug-likeness (QED) is 0.594. The zero-order valence-corrected chi connectivity index (χ0v) is 15.3. The number of allylic oxidation sites excluding steroid dienone is 1. The molecule has 4 rings (SSSR count). The number of aliphatic hydroxyl groups is 3. The highest BCUT2D eigenvalue weighted by Gasteiger charge is 2.63. The largest absolute Gasteiger partial charge is 0.393 e. The number of hydrogen-bond acceptors (Lipinski definition) is 4. The Morgan fingerprint density at radius 1 is 1.04 bits per heavy atom. The Kier molecular flexibility index (Phi) is 3.59. The lowest BCUT2D eigenvalue weighted by atomic mass is 9.44. The third-order valence-electron chi connectivity index (χ3n) is 8.29. The van der Waals surface area contributed by atoms with Gasteiger partial charge in [-0.1, -0.05) is 33.8 Å². The van der Waals surface area contributed by atoms with Crippen molar-refractivity contribution >= 4 is 0 Å². The molecule has 0 bridgehead atoms. The molecule has 2 saturated carbocycles. The van der Waals surface area contributed by atoms with Gasteiger partial charge in [0.2, 0.25) is 0 Å². The van der Waals surface area contributed by atoms with Gasteiger partial charge >= 0.3 is 0 Å².